The molecule has 1 amide bonds. The van der Waals surface area contributed by atoms with Gasteiger partial charge in [0.15, 0.2) is 0 Å². The van der Waals surface area contributed by atoms with Gasteiger partial charge in [-0.1, -0.05) is 19.1 Å². The number of nitrogens with two attached hydrogens (primary N) is 1. The topological polar surface area (TPSA) is 80.9 Å². The van der Waals surface area contributed by atoms with Crippen LogP contribution in [0.4, 0.5) is 0 Å². The summed E-state index contributed by atoms with van der Waals surface area (Å²) < 4.78 is 0. The molecular formula is C12H18N4OS. The summed E-state index contributed by atoms with van der Waals surface area (Å²) >= 11 is 4.81. The number of hydrogen-bond acceptors (Lipinski definition) is 4. The Labute approximate surface area is 112 Å². The minimum atomic E-state index is -0.159. The van der Waals surface area contributed by atoms with Crippen LogP contribution in [-0.2, 0) is 6.42 Å². The summed E-state index contributed by atoms with van der Waals surface area (Å²) in [5.41, 5.74) is 7.43. The lowest BCUT2D eigenvalue weighted by atomic mass is 10.1. The van der Waals surface area contributed by atoms with Crippen LogP contribution in [0.5, 0.6) is 0 Å². The van der Waals surface area contributed by atoms with Gasteiger partial charge >= 0.3 is 0 Å². The van der Waals surface area contributed by atoms with Crippen molar-refractivity contribution in [3.8, 4) is 0 Å². The zero-order valence-corrected chi connectivity index (χ0v) is 11.7. The van der Waals surface area contributed by atoms with Crippen LogP contribution in [0.3, 0.4) is 0 Å². The number of carbonyl (C=O) groups excluding carboxylic acids is 1. The van der Waals surface area contributed by atoms with Crippen molar-refractivity contribution in [2.75, 3.05) is 0 Å². The Balaban J connectivity index is 2.83. The van der Waals surface area contributed by atoms with Crippen molar-refractivity contribution in [3.63, 3.8) is 0 Å². The summed E-state index contributed by atoms with van der Waals surface area (Å²) in [6.07, 6.45) is 1.15. The Kier molecular flexibility index (Phi) is 5.15. The van der Waals surface area contributed by atoms with Gasteiger partial charge in [0.25, 0.3) is 5.91 Å². The molecule has 0 aliphatic carbocycles. The largest absolute Gasteiger partial charge is 0.393 e. The first kappa shape index (κ1) is 14.5. The molecule has 3 N–H and O–H groups in total. The van der Waals surface area contributed by atoms with Gasteiger partial charge in [-0.15, -0.1) is 0 Å². The highest BCUT2D eigenvalue weighted by molar-refractivity contribution is 7.80. The van der Waals surface area contributed by atoms with E-state index in [1.54, 1.807) is 6.07 Å². The van der Waals surface area contributed by atoms with Crippen molar-refractivity contribution < 1.29 is 4.79 Å². The molecule has 0 aliphatic heterocycles. The van der Waals surface area contributed by atoms with E-state index in [9.17, 15) is 4.79 Å². The van der Waals surface area contributed by atoms with Crippen LogP contribution in [-0.4, -0.2) is 27.1 Å². The number of thiocarbonyl (C=S) groups is 1. The molecule has 18 heavy (non-hydrogen) atoms. The minimum absolute atomic E-state index is 0.0897. The molecule has 1 unspecified atom stereocenters. The third-order valence-corrected chi connectivity index (χ3v) is 2.62. The highest BCUT2D eigenvalue weighted by Crippen LogP contribution is 2.08. The molecule has 0 saturated carbocycles. The number of amides is 1. The minimum Gasteiger partial charge on any atom is -0.393 e. The standard InChI is InChI=1S/C12H18N4OS/c1-4-10-9(5-8(3)15-16-10)12(17)14-7(2)6-11(13)18/h5,7H,4,6H2,1-3H3,(H2,13,18)(H,14,17). The normalized spacial score (nSPS) is 11.9. The average molecular weight is 266 g/mol. The van der Waals surface area contributed by atoms with E-state index in [0.29, 0.717) is 29.1 Å². The van der Waals surface area contributed by atoms with Crippen molar-refractivity contribution in [2.45, 2.75) is 39.7 Å². The second kappa shape index (κ2) is 6.39. The molecule has 0 radical (unpaired) electrons. The maximum atomic E-state index is 12.1. The molecule has 0 saturated heterocycles. The monoisotopic (exact) mass is 266 g/mol. The quantitative estimate of drug-likeness (QED) is 0.781. The Morgan fingerprint density at radius 1 is 1.56 bits per heavy atom. The predicted molar refractivity (Wildman–Crippen MR) is 74.5 cm³/mol. The van der Waals surface area contributed by atoms with Crippen molar-refractivity contribution in [1.82, 2.24) is 15.5 Å². The van der Waals surface area contributed by atoms with Gasteiger partial charge in [0.1, 0.15) is 0 Å². The van der Waals surface area contributed by atoms with Gasteiger partial charge in [0.05, 0.1) is 21.9 Å². The third-order valence-electron chi connectivity index (χ3n) is 2.46. The molecule has 98 valence electrons. The number of rotatable bonds is 5. The first-order valence-electron chi connectivity index (χ1n) is 5.86. The van der Waals surface area contributed by atoms with Gasteiger partial charge in [-0.05, 0) is 26.3 Å². The summed E-state index contributed by atoms with van der Waals surface area (Å²) in [4.78, 5) is 12.5. The van der Waals surface area contributed by atoms with Crippen LogP contribution in [0.2, 0.25) is 0 Å². The Morgan fingerprint density at radius 3 is 2.78 bits per heavy atom. The maximum absolute atomic E-state index is 12.1. The zero-order valence-electron chi connectivity index (χ0n) is 10.9. The van der Waals surface area contributed by atoms with Crippen molar-refractivity contribution in [3.05, 3.63) is 23.0 Å². The molecule has 1 heterocycles. The van der Waals surface area contributed by atoms with Gasteiger partial charge in [0.2, 0.25) is 0 Å². The number of aryl methyl sites for hydroxylation is 2. The maximum Gasteiger partial charge on any atom is 0.253 e. The molecule has 0 spiro atoms. The fourth-order valence-electron chi connectivity index (χ4n) is 1.63. The van der Waals surface area contributed by atoms with E-state index in [0.717, 1.165) is 5.69 Å². The smallest absolute Gasteiger partial charge is 0.253 e. The van der Waals surface area contributed by atoms with E-state index in [4.69, 9.17) is 18.0 Å². The Morgan fingerprint density at radius 2 is 2.22 bits per heavy atom. The summed E-state index contributed by atoms with van der Waals surface area (Å²) in [6.45, 7) is 5.61. The molecule has 0 fully saturated rings. The van der Waals surface area contributed by atoms with E-state index in [2.05, 4.69) is 15.5 Å². The van der Waals surface area contributed by atoms with E-state index < -0.39 is 0 Å². The van der Waals surface area contributed by atoms with Crippen LogP contribution in [0, 0.1) is 6.92 Å². The summed E-state index contributed by atoms with van der Waals surface area (Å²) in [7, 11) is 0. The van der Waals surface area contributed by atoms with E-state index in [1.807, 2.05) is 20.8 Å². The SMILES string of the molecule is CCc1nnc(C)cc1C(=O)NC(C)CC(N)=S. The van der Waals surface area contributed by atoms with Gasteiger partial charge in [-0.2, -0.15) is 10.2 Å². The van der Waals surface area contributed by atoms with Gasteiger partial charge in [0, 0.05) is 12.5 Å². The number of hydrogen-bond donors (Lipinski definition) is 2. The fraction of sp³-hybridized carbons (Fsp3) is 0.500. The van der Waals surface area contributed by atoms with Crippen molar-refractivity contribution in [2.24, 2.45) is 5.73 Å². The third kappa shape index (κ3) is 4.03. The highest BCUT2D eigenvalue weighted by Gasteiger charge is 2.15. The molecule has 0 aromatic carbocycles. The summed E-state index contributed by atoms with van der Waals surface area (Å²) in [5, 5.41) is 10.8. The van der Waals surface area contributed by atoms with Crippen molar-refractivity contribution in [1.29, 1.82) is 0 Å². The Hall–Kier alpha value is -1.56. The van der Waals surface area contributed by atoms with Gasteiger partial charge in [-0.25, -0.2) is 0 Å². The highest BCUT2D eigenvalue weighted by atomic mass is 32.1. The van der Waals surface area contributed by atoms with E-state index in [-0.39, 0.29) is 11.9 Å². The Bertz CT molecular complexity index is 461. The van der Waals surface area contributed by atoms with Crippen molar-refractivity contribution >= 4 is 23.1 Å². The number of nitrogens with one attached hydrogen (secondary N) is 1. The molecule has 1 aromatic rings. The van der Waals surface area contributed by atoms with E-state index >= 15 is 0 Å². The lowest BCUT2D eigenvalue weighted by molar-refractivity contribution is 0.0939. The lowest BCUT2D eigenvalue weighted by Crippen LogP contribution is -2.36. The molecule has 0 bridgehead atoms. The molecular weight excluding hydrogens is 248 g/mol. The molecule has 1 rings (SSSR count). The second-order valence-corrected chi connectivity index (χ2v) is 4.77. The zero-order chi connectivity index (χ0) is 13.7. The lowest BCUT2D eigenvalue weighted by Gasteiger charge is -2.14. The molecule has 1 aromatic heterocycles. The first-order valence-corrected chi connectivity index (χ1v) is 6.27. The fourth-order valence-corrected chi connectivity index (χ4v) is 1.88. The van der Waals surface area contributed by atoms with Crippen LogP contribution in [0.15, 0.2) is 6.07 Å². The second-order valence-electron chi connectivity index (χ2n) is 4.24. The number of carbonyl (C=O) groups is 1. The van der Waals surface area contributed by atoms with Crippen LogP contribution >= 0.6 is 12.2 Å². The number of aromatic nitrogens is 2. The van der Waals surface area contributed by atoms with Crippen LogP contribution in [0.25, 0.3) is 0 Å². The molecule has 1 atom stereocenters. The average Bonchev–Trinajstić information content (AvgIpc) is 2.27. The summed E-state index contributed by atoms with van der Waals surface area (Å²) in [5.74, 6) is -0.159. The molecule has 6 heteroatoms. The molecule has 0 aliphatic rings. The predicted octanol–water partition coefficient (Wildman–Crippen LogP) is 1.14. The van der Waals surface area contributed by atoms with Crippen LogP contribution < -0.4 is 11.1 Å². The van der Waals surface area contributed by atoms with Crippen LogP contribution in [0.1, 0.15) is 42.0 Å². The number of nitrogens with zero attached hydrogens (tertiary/aromatic N) is 2. The van der Waals surface area contributed by atoms with Gasteiger partial charge < -0.3 is 11.1 Å². The van der Waals surface area contributed by atoms with E-state index in [1.165, 1.54) is 0 Å². The molecule has 5 nitrogen and oxygen atoms in total. The summed E-state index contributed by atoms with van der Waals surface area (Å²) in [6, 6.07) is 1.66. The van der Waals surface area contributed by atoms with Gasteiger partial charge in [-0.3, -0.25) is 4.79 Å². The first-order chi connectivity index (χ1) is 8.43.